The summed E-state index contributed by atoms with van der Waals surface area (Å²) in [6.45, 7) is 0. The lowest BCUT2D eigenvalue weighted by Gasteiger charge is -2.14. The van der Waals surface area contributed by atoms with Gasteiger partial charge < -0.3 is 14.0 Å². The van der Waals surface area contributed by atoms with Gasteiger partial charge in [-0.25, -0.2) is 0 Å². The SMILES string of the molecule is COc1cccc(C(=O)c2ccccc2[PH](=O)c2ccccc2)c1OC. The van der Waals surface area contributed by atoms with Crippen LogP contribution in [0.5, 0.6) is 11.5 Å². The number of hydrogen-bond donors (Lipinski definition) is 0. The molecule has 0 bridgehead atoms. The zero-order chi connectivity index (χ0) is 18.5. The second-order valence-electron chi connectivity index (χ2n) is 5.61. The van der Waals surface area contributed by atoms with Crippen molar-refractivity contribution in [3.8, 4) is 11.5 Å². The van der Waals surface area contributed by atoms with Crippen LogP contribution in [0.2, 0.25) is 0 Å². The van der Waals surface area contributed by atoms with Crippen molar-refractivity contribution in [1.82, 2.24) is 0 Å². The highest BCUT2D eigenvalue weighted by atomic mass is 31.1. The molecule has 0 aliphatic heterocycles. The van der Waals surface area contributed by atoms with E-state index in [-0.39, 0.29) is 5.78 Å². The number of methoxy groups -OCH3 is 2. The first-order valence-corrected chi connectivity index (χ1v) is 9.52. The van der Waals surface area contributed by atoms with Crippen LogP contribution < -0.4 is 20.1 Å². The maximum Gasteiger partial charge on any atom is 0.197 e. The first-order chi connectivity index (χ1) is 12.7. The van der Waals surface area contributed by atoms with Crippen LogP contribution in [0.3, 0.4) is 0 Å². The van der Waals surface area contributed by atoms with Crippen LogP contribution in [0, 0.1) is 0 Å². The highest BCUT2D eigenvalue weighted by Crippen LogP contribution is 2.33. The fourth-order valence-corrected chi connectivity index (χ4v) is 4.33. The molecule has 3 aromatic rings. The van der Waals surface area contributed by atoms with E-state index in [1.165, 1.54) is 14.2 Å². The molecule has 0 spiro atoms. The number of rotatable bonds is 6. The topological polar surface area (TPSA) is 52.6 Å². The smallest absolute Gasteiger partial charge is 0.197 e. The van der Waals surface area contributed by atoms with Crippen molar-refractivity contribution >= 4 is 24.2 Å². The Hall–Kier alpha value is -2.84. The molecule has 0 amide bonds. The monoisotopic (exact) mass is 366 g/mol. The Kier molecular flexibility index (Phi) is 5.55. The number of carbonyl (C=O) groups is 1. The van der Waals surface area contributed by atoms with Gasteiger partial charge in [0.25, 0.3) is 0 Å². The first-order valence-electron chi connectivity index (χ1n) is 8.12. The molecule has 0 aliphatic carbocycles. The minimum Gasteiger partial charge on any atom is -0.493 e. The van der Waals surface area contributed by atoms with E-state index in [2.05, 4.69) is 0 Å². The second-order valence-corrected chi connectivity index (χ2v) is 7.39. The molecular weight excluding hydrogens is 347 g/mol. The maximum atomic E-state index is 13.2. The lowest BCUT2D eigenvalue weighted by molar-refractivity contribution is 0.103. The predicted octanol–water partition coefficient (Wildman–Crippen LogP) is 3.45. The minimum atomic E-state index is -2.30. The first kappa shape index (κ1) is 18.0. The third-order valence-corrected chi connectivity index (χ3v) is 5.88. The Bertz CT molecular complexity index is 951. The lowest BCUT2D eigenvalue weighted by atomic mass is 10.0. The number of benzene rings is 3. The third kappa shape index (κ3) is 3.42. The highest BCUT2D eigenvalue weighted by Gasteiger charge is 2.22. The second kappa shape index (κ2) is 8.03. The fraction of sp³-hybridized carbons (Fsp3) is 0.0952. The van der Waals surface area contributed by atoms with Gasteiger partial charge in [0.15, 0.2) is 17.3 Å². The van der Waals surface area contributed by atoms with Crippen LogP contribution in [0.15, 0.2) is 72.8 Å². The van der Waals surface area contributed by atoms with Gasteiger partial charge >= 0.3 is 0 Å². The van der Waals surface area contributed by atoms with E-state index in [1.807, 2.05) is 30.3 Å². The standard InChI is InChI=1S/C21H19O4P/c1-24-18-13-8-12-17(21(18)25-2)20(22)16-11-6-7-14-19(16)26(23)15-9-4-3-5-10-15/h3-14,26H,1-2H3. The lowest BCUT2D eigenvalue weighted by Crippen LogP contribution is -2.17. The number of hydrogen-bond acceptors (Lipinski definition) is 4. The molecule has 0 N–H and O–H groups in total. The Morgan fingerprint density at radius 2 is 1.42 bits per heavy atom. The summed E-state index contributed by atoms with van der Waals surface area (Å²) in [5, 5.41) is 1.26. The maximum absolute atomic E-state index is 13.2. The third-order valence-electron chi connectivity index (χ3n) is 4.10. The van der Waals surface area contributed by atoms with Gasteiger partial charge in [-0.1, -0.05) is 60.7 Å². The molecule has 3 aromatic carbocycles. The molecule has 26 heavy (non-hydrogen) atoms. The van der Waals surface area contributed by atoms with E-state index in [9.17, 15) is 9.36 Å². The van der Waals surface area contributed by atoms with E-state index in [1.54, 1.807) is 42.5 Å². The number of ketones is 1. The Labute approximate surface area is 153 Å². The van der Waals surface area contributed by atoms with Crippen LogP contribution in [0.4, 0.5) is 0 Å². The zero-order valence-corrected chi connectivity index (χ0v) is 15.6. The van der Waals surface area contributed by atoms with E-state index < -0.39 is 7.80 Å². The van der Waals surface area contributed by atoms with Crippen molar-refractivity contribution in [3.05, 3.63) is 83.9 Å². The van der Waals surface area contributed by atoms with Gasteiger partial charge in [-0.3, -0.25) is 4.79 Å². The normalized spacial score (nSPS) is 11.6. The number of para-hydroxylation sites is 1. The Morgan fingerprint density at radius 3 is 2.12 bits per heavy atom. The van der Waals surface area contributed by atoms with Gasteiger partial charge in [0.2, 0.25) is 0 Å². The van der Waals surface area contributed by atoms with Crippen LogP contribution >= 0.6 is 7.80 Å². The Morgan fingerprint density at radius 1 is 0.769 bits per heavy atom. The fourth-order valence-electron chi connectivity index (χ4n) is 2.84. The molecule has 0 heterocycles. The van der Waals surface area contributed by atoms with Gasteiger partial charge in [0.05, 0.1) is 19.8 Å². The average molecular weight is 366 g/mol. The summed E-state index contributed by atoms with van der Waals surface area (Å²) in [5.41, 5.74) is 0.786. The van der Waals surface area contributed by atoms with Gasteiger partial charge in [-0.2, -0.15) is 0 Å². The largest absolute Gasteiger partial charge is 0.493 e. The number of ether oxygens (including phenoxy) is 2. The van der Waals surface area contributed by atoms with Crippen LogP contribution in [0.1, 0.15) is 15.9 Å². The van der Waals surface area contributed by atoms with Gasteiger partial charge in [0.1, 0.15) is 7.80 Å². The van der Waals surface area contributed by atoms with Crippen LogP contribution in [-0.4, -0.2) is 20.0 Å². The molecule has 4 nitrogen and oxygen atoms in total. The van der Waals surface area contributed by atoms with Crippen molar-refractivity contribution in [2.24, 2.45) is 0 Å². The van der Waals surface area contributed by atoms with Gasteiger partial charge in [-0.05, 0) is 12.1 Å². The average Bonchev–Trinajstić information content (AvgIpc) is 2.72. The molecule has 1 atom stereocenters. The van der Waals surface area contributed by atoms with Crippen molar-refractivity contribution in [2.75, 3.05) is 14.2 Å². The molecule has 0 fully saturated rings. The van der Waals surface area contributed by atoms with Gasteiger partial charge in [0, 0.05) is 16.2 Å². The summed E-state index contributed by atoms with van der Waals surface area (Å²) >= 11 is 0. The van der Waals surface area contributed by atoms with Crippen molar-refractivity contribution in [1.29, 1.82) is 0 Å². The summed E-state index contributed by atoms with van der Waals surface area (Å²) in [7, 11) is 0.712. The molecule has 0 aliphatic rings. The van der Waals surface area contributed by atoms with E-state index in [4.69, 9.17) is 9.47 Å². The van der Waals surface area contributed by atoms with Crippen molar-refractivity contribution in [2.45, 2.75) is 0 Å². The summed E-state index contributed by atoms with van der Waals surface area (Å²) < 4.78 is 23.7. The highest BCUT2D eigenvalue weighted by molar-refractivity contribution is 7.61. The molecule has 0 saturated heterocycles. The summed E-state index contributed by atoms with van der Waals surface area (Å²) in [4.78, 5) is 13.2. The van der Waals surface area contributed by atoms with Gasteiger partial charge in [-0.15, -0.1) is 0 Å². The van der Waals surface area contributed by atoms with E-state index in [0.717, 1.165) is 5.30 Å². The molecule has 3 rings (SSSR count). The Balaban J connectivity index is 2.09. The summed E-state index contributed by atoms with van der Waals surface area (Å²) in [5.74, 6) is 0.603. The minimum absolute atomic E-state index is 0.245. The molecule has 5 heteroatoms. The summed E-state index contributed by atoms with van der Waals surface area (Å²) in [6, 6.07) is 21.3. The summed E-state index contributed by atoms with van der Waals surface area (Å²) in [6.07, 6.45) is 0. The van der Waals surface area contributed by atoms with Crippen molar-refractivity contribution in [3.63, 3.8) is 0 Å². The molecule has 132 valence electrons. The van der Waals surface area contributed by atoms with E-state index >= 15 is 0 Å². The van der Waals surface area contributed by atoms with Crippen LogP contribution in [0.25, 0.3) is 0 Å². The quantitative estimate of drug-likeness (QED) is 0.495. The van der Waals surface area contributed by atoms with E-state index in [0.29, 0.717) is 27.9 Å². The molecule has 0 aromatic heterocycles. The molecular formula is C21H19O4P. The number of carbonyl (C=O) groups excluding carboxylic acids is 1. The predicted molar refractivity (Wildman–Crippen MR) is 104 cm³/mol. The van der Waals surface area contributed by atoms with Crippen molar-refractivity contribution < 1.29 is 18.8 Å². The molecule has 0 saturated carbocycles. The van der Waals surface area contributed by atoms with Crippen LogP contribution in [-0.2, 0) is 4.57 Å². The molecule has 0 radical (unpaired) electrons. The molecule has 1 unspecified atom stereocenters. The zero-order valence-electron chi connectivity index (χ0n) is 14.6.